The third-order valence-corrected chi connectivity index (χ3v) is 5.45. The van der Waals surface area contributed by atoms with Crippen molar-refractivity contribution in [3.8, 4) is 5.75 Å². The van der Waals surface area contributed by atoms with Crippen molar-refractivity contribution in [2.24, 2.45) is 0 Å². The van der Waals surface area contributed by atoms with Gasteiger partial charge in [0.1, 0.15) is 23.5 Å². The number of nitrogen functional groups attached to an aromatic ring is 1. The van der Waals surface area contributed by atoms with Gasteiger partial charge in [-0.1, -0.05) is 30.3 Å². The van der Waals surface area contributed by atoms with Crippen LogP contribution in [0, 0.1) is 0 Å². The van der Waals surface area contributed by atoms with E-state index in [2.05, 4.69) is 20.6 Å². The number of carbonyl (C=O) groups excluding carboxylic acids is 2. The van der Waals surface area contributed by atoms with Crippen LogP contribution >= 0.6 is 0 Å². The van der Waals surface area contributed by atoms with Crippen LogP contribution in [0.4, 0.5) is 16.3 Å². The Morgan fingerprint density at radius 2 is 1.88 bits per heavy atom. The summed E-state index contributed by atoms with van der Waals surface area (Å²) in [5.41, 5.74) is 8.80. The molecular weight excluding hydrogens is 432 g/mol. The van der Waals surface area contributed by atoms with E-state index in [1.165, 1.54) is 13.4 Å². The first kappa shape index (κ1) is 22.8. The van der Waals surface area contributed by atoms with Crippen LogP contribution < -0.4 is 21.1 Å². The number of ether oxygens (including phenoxy) is 1. The van der Waals surface area contributed by atoms with E-state index in [-0.39, 0.29) is 17.6 Å². The molecule has 0 aliphatic rings. The topological polar surface area (TPSA) is 124 Å². The number of benzene rings is 2. The van der Waals surface area contributed by atoms with Crippen molar-refractivity contribution in [3.05, 3.63) is 77.7 Å². The van der Waals surface area contributed by atoms with Gasteiger partial charge >= 0.3 is 6.03 Å². The highest BCUT2D eigenvalue weighted by Gasteiger charge is 2.22. The third kappa shape index (κ3) is 4.54. The lowest BCUT2D eigenvalue weighted by atomic mass is 10.0. The van der Waals surface area contributed by atoms with Gasteiger partial charge in [0.25, 0.3) is 0 Å². The summed E-state index contributed by atoms with van der Waals surface area (Å²) in [6.45, 7) is 4.35. The molecule has 0 saturated heterocycles. The number of aromatic nitrogens is 3. The summed E-state index contributed by atoms with van der Waals surface area (Å²) >= 11 is 0. The second kappa shape index (κ2) is 9.62. The molecule has 2 aromatic heterocycles. The predicted octanol–water partition coefficient (Wildman–Crippen LogP) is 4.16. The first-order valence-corrected chi connectivity index (χ1v) is 10.8. The Hall–Kier alpha value is -4.40. The SMILES string of the molecule is COc1ccc(C(=O)c2cn(C(C)C)c3ncnc(N)c23)cc1NC(=O)NCc1ccccc1. The number of hydrogen-bond donors (Lipinski definition) is 3. The Labute approximate surface area is 197 Å². The van der Waals surface area contributed by atoms with Crippen LogP contribution in [0.2, 0.25) is 0 Å². The summed E-state index contributed by atoms with van der Waals surface area (Å²) in [4.78, 5) is 34.4. The Morgan fingerprint density at radius 1 is 1.12 bits per heavy atom. The minimum absolute atomic E-state index is 0.0692. The first-order valence-electron chi connectivity index (χ1n) is 10.8. The van der Waals surface area contributed by atoms with E-state index in [1.807, 2.05) is 48.7 Å². The molecule has 0 radical (unpaired) electrons. The van der Waals surface area contributed by atoms with Gasteiger partial charge in [-0.3, -0.25) is 4.79 Å². The number of amides is 2. The molecule has 2 heterocycles. The summed E-state index contributed by atoms with van der Waals surface area (Å²) in [7, 11) is 1.50. The van der Waals surface area contributed by atoms with E-state index in [0.29, 0.717) is 40.1 Å². The Balaban J connectivity index is 1.63. The predicted molar refractivity (Wildman–Crippen MR) is 131 cm³/mol. The lowest BCUT2D eigenvalue weighted by Gasteiger charge is -2.13. The molecule has 0 aliphatic carbocycles. The average molecular weight is 459 g/mol. The van der Waals surface area contributed by atoms with Crippen LogP contribution in [0.3, 0.4) is 0 Å². The van der Waals surface area contributed by atoms with Crippen molar-refractivity contribution in [3.63, 3.8) is 0 Å². The molecule has 0 saturated carbocycles. The fourth-order valence-electron chi connectivity index (χ4n) is 3.72. The fourth-order valence-corrected chi connectivity index (χ4v) is 3.72. The van der Waals surface area contributed by atoms with Gasteiger partial charge in [-0.15, -0.1) is 0 Å². The summed E-state index contributed by atoms with van der Waals surface area (Å²) in [6.07, 6.45) is 3.13. The molecule has 0 atom stereocenters. The van der Waals surface area contributed by atoms with Gasteiger partial charge in [-0.05, 0) is 37.6 Å². The second-order valence-electron chi connectivity index (χ2n) is 8.04. The normalized spacial score (nSPS) is 10.9. The standard InChI is InChI=1S/C25H26N6O3/c1-15(2)31-13-18(21-23(26)28-14-29-24(21)31)22(32)17-9-10-20(34-3)19(11-17)30-25(33)27-12-16-7-5-4-6-8-16/h4-11,13-15H,12H2,1-3H3,(H2,26,28,29)(H2,27,30,33). The maximum Gasteiger partial charge on any atom is 0.319 e. The molecule has 0 unspecified atom stereocenters. The maximum absolute atomic E-state index is 13.5. The van der Waals surface area contributed by atoms with E-state index in [4.69, 9.17) is 10.5 Å². The van der Waals surface area contributed by atoms with Gasteiger partial charge in [0.15, 0.2) is 5.78 Å². The molecule has 4 N–H and O–H groups in total. The summed E-state index contributed by atoms with van der Waals surface area (Å²) in [5, 5.41) is 6.07. The van der Waals surface area contributed by atoms with Gasteiger partial charge in [0.05, 0.1) is 23.7 Å². The number of nitrogens with one attached hydrogen (secondary N) is 2. The zero-order valence-electron chi connectivity index (χ0n) is 19.2. The second-order valence-corrected chi connectivity index (χ2v) is 8.04. The van der Waals surface area contributed by atoms with Crippen LogP contribution in [-0.2, 0) is 6.54 Å². The molecule has 4 rings (SSSR count). The zero-order chi connectivity index (χ0) is 24.2. The van der Waals surface area contributed by atoms with E-state index < -0.39 is 6.03 Å². The maximum atomic E-state index is 13.5. The number of ketones is 1. The number of anilines is 2. The number of nitrogens with two attached hydrogens (primary N) is 1. The fraction of sp³-hybridized carbons (Fsp3) is 0.200. The molecule has 0 fully saturated rings. The quantitative estimate of drug-likeness (QED) is 0.357. The highest BCUT2D eigenvalue weighted by atomic mass is 16.5. The first-order chi connectivity index (χ1) is 16.4. The highest BCUT2D eigenvalue weighted by molar-refractivity contribution is 6.18. The minimum atomic E-state index is -0.416. The molecule has 4 aromatic rings. The number of methoxy groups -OCH3 is 1. The van der Waals surface area contributed by atoms with Gasteiger partial charge < -0.3 is 25.7 Å². The monoisotopic (exact) mass is 458 g/mol. The molecule has 0 aliphatic heterocycles. The van der Waals surface area contributed by atoms with Crippen LogP contribution in [0.25, 0.3) is 11.0 Å². The molecule has 0 bridgehead atoms. The molecule has 2 amide bonds. The van der Waals surface area contributed by atoms with Gasteiger partial charge in [-0.2, -0.15) is 0 Å². The highest BCUT2D eigenvalue weighted by Crippen LogP contribution is 2.31. The number of urea groups is 1. The van der Waals surface area contributed by atoms with Crippen molar-refractivity contribution >= 4 is 34.4 Å². The van der Waals surface area contributed by atoms with Crippen LogP contribution in [0.15, 0.2) is 61.1 Å². The van der Waals surface area contributed by atoms with E-state index in [0.717, 1.165) is 5.56 Å². The number of carbonyl (C=O) groups is 2. The Morgan fingerprint density at radius 3 is 2.59 bits per heavy atom. The van der Waals surface area contributed by atoms with E-state index in [9.17, 15) is 9.59 Å². The average Bonchev–Trinajstić information content (AvgIpc) is 3.24. The molecular formula is C25H26N6O3. The van der Waals surface area contributed by atoms with Crippen LogP contribution in [-0.4, -0.2) is 33.5 Å². The van der Waals surface area contributed by atoms with Crippen molar-refractivity contribution in [1.82, 2.24) is 19.9 Å². The summed E-state index contributed by atoms with van der Waals surface area (Å²) in [5.74, 6) is 0.403. The lowest BCUT2D eigenvalue weighted by Crippen LogP contribution is -2.28. The van der Waals surface area contributed by atoms with Crippen molar-refractivity contribution in [2.75, 3.05) is 18.2 Å². The van der Waals surface area contributed by atoms with Crippen molar-refractivity contribution in [2.45, 2.75) is 26.4 Å². The molecule has 9 nitrogen and oxygen atoms in total. The molecule has 0 spiro atoms. The number of rotatable bonds is 7. The molecule has 2 aromatic carbocycles. The van der Waals surface area contributed by atoms with Crippen molar-refractivity contribution in [1.29, 1.82) is 0 Å². The summed E-state index contributed by atoms with van der Waals surface area (Å²) in [6, 6.07) is 14.1. The van der Waals surface area contributed by atoms with Crippen molar-refractivity contribution < 1.29 is 14.3 Å². The van der Waals surface area contributed by atoms with Gasteiger partial charge in [0, 0.05) is 24.3 Å². The van der Waals surface area contributed by atoms with E-state index >= 15 is 0 Å². The molecule has 174 valence electrons. The van der Waals surface area contributed by atoms with Gasteiger partial charge in [-0.25, -0.2) is 14.8 Å². The largest absolute Gasteiger partial charge is 0.495 e. The van der Waals surface area contributed by atoms with Crippen LogP contribution in [0.1, 0.15) is 41.4 Å². The zero-order valence-corrected chi connectivity index (χ0v) is 19.2. The van der Waals surface area contributed by atoms with Crippen LogP contribution in [0.5, 0.6) is 5.75 Å². The third-order valence-electron chi connectivity index (χ3n) is 5.45. The Kier molecular flexibility index (Phi) is 6.44. The molecule has 9 heteroatoms. The Bertz CT molecular complexity index is 1350. The number of hydrogen-bond acceptors (Lipinski definition) is 6. The number of fused-ring (bicyclic) bond motifs is 1. The summed E-state index contributed by atoms with van der Waals surface area (Å²) < 4.78 is 7.27. The number of nitrogens with zero attached hydrogens (tertiary/aromatic N) is 3. The van der Waals surface area contributed by atoms with Gasteiger partial charge in [0.2, 0.25) is 0 Å². The smallest absolute Gasteiger partial charge is 0.319 e. The minimum Gasteiger partial charge on any atom is -0.495 e. The van der Waals surface area contributed by atoms with E-state index in [1.54, 1.807) is 24.4 Å². The molecule has 34 heavy (non-hydrogen) atoms. The lowest BCUT2D eigenvalue weighted by molar-refractivity contribution is 0.104.